The number of hydrazine groups is 1. The van der Waals surface area contributed by atoms with Crippen molar-refractivity contribution in [2.24, 2.45) is 5.84 Å². The molecular weight excluding hydrogens is 343 g/mol. The minimum absolute atomic E-state index is 0.300. The van der Waals surface area contributed by atoms with Gasteiger partial charge in [0.2, 0.25) is 0 Å². The zero-order valence-electron chi connectivity index (χ0n) is 11.0. The first-order chi connectivity index (χ1) is 9.51. The number of halogens is 3. The number of hydrogen-bond donors (Lipinski definition) is 2. The van der Waals surface area contributed by atoms with E-state index in [-0.39, 0.29) is 11.9 Å². The number of benzene rings is 2. The van der Waals surface area contributed by atoms with Gasteiger partial charge in [0, 0.05) is 15.1 Å². The Bertz CT molecular complexity index is 619. The van der Waals surface area contributed by atoms with Crippen molar-refractivity contribution in [3.63, 3.8) is 0 Å². The highest BCUT2D eigenvalue weighted by atomic mass is 79.9. The molecule has 0 aliphatic carbocycles. The van der Waals surface area contributed by atoms with Gasteiger partial charge >= 0.3 is 0 Å². The maximum Gasteiger partial charge on any atom is 0.129 e. The number of nitrogens with two attached hydrogens (primary N) is 1. The highest BCUT2D eigenvalue weighted by Crippen LogP contribution is 2.27. The van der Waals surface area contributed by atoms with Crippen LogP contribution in [0.1, 0.15) is 22.7 Å². The largest absolute Gasteiger partial charge is 0.271 e. The van der Waals surface area contributed by atoms with E-state index in [9.17, 15) is 4.39 Å². The van der Waals surface area contributed by atoms with E-state index in [1.54, 1.807) is 12.1 Å². The Morgan fingerprint density at radius 2 is 2.05 bits per heavy atom. The highest BCUT2D eigenvalue weighted by molar-refractivity contribution is 9.10. The highest BCUT2D eigenvalue weighted by Gasteiger charge is 2.16. The lowest BCUT2D eigenvalue weighted by Crippen LogP contribution is -2.30. The van der Waals surface area contributed by atoms with Gasteiger partial charge in [-0.3, -0.25) is 11.3 Å². The molecular formula is C15H15BrClFN2. The molecule has 2 rings (SSSR count). The fraction of sp³-hybridized carbons (Fsp3) is 0.200. The molecule has 0 bridgehead atoms. The predicted molar refractivity (Wildman–Crippen MR) is 84.1 cm³/mol. The quantitative estimate of drug-likeness (QED) is 0.632. The maximum absolute atomic E-state index is 14.0. The van der Waals surface area contributed by atoms with Crippen LogP contribution >= 0.6 is 27.5 Å². The molecule has 0 fully saturated rings. The number of hydrogen-bond acceptors (Lipinski definition) is 2. The van der Waals surface area contributed by atoms with Gasteiger partial charge in [0.25, 0.3) is 0 Å². The van der Waals surface area contributed by atoms with Crippen LogP contribution < -0.4 is 11.3 Å². The SMILES string of the molecule is Cc1ccc(CC(NN)c2ccc(Br)cc2F)c(Cl)c1. The van der Waals surface area contributed by atoms with Crippen LogP contribution in [0.3, 0.4) is 0 Å². The minimum atomic E-state index is -0.330. The van der Waals surface area contributed by atoms with Crippen LogP contribution in [-0.2, 0) is 6.42 Å². The van der Waals surface area contributed by atoms with Crippen LogP contribution in [0.15, 0.2) is 40.9 Å². The summed E-state index contributed by atoms with van der Waals surface area (Å²) in [6.07, 6.45) is 0.522. The van der Waals surface area contributed by atoms with Gasteiger partial charge < -0.3 is 0 Å². The molecule has 0 aliphatic heterocycles. The van der Waals surface area contributed by atoms with E-state index in [1.165, 1.54) is 6.07 Å². The van der Waals surface area contributed by atoms with Gasteiger partial charge in [0.15, 0.2) is 0 Å². The average Bonchev–Trinajstić information content (AvgIpc) is 2.39. The average molecular weight is 358 g/mol. The summed E-state index contributed by atoms with van der Waals surface area (Å²) < 4.78 is 14.7. The van der Waals surface area contributed by atoms with Crippen molar-refractivity contribution < 1.29 is 4.39 Å². The topological polar surface area (TPSA) is 38.0 Å². The molecule has 0 aliphatic rings. The van der Waals surface area contributed by atoms with Crippen LogP contribution in [0.25, 0.3) is 0 Å². The standard InChI is InChI=1S/C15H15BrClFN2/c1-9-2-3-10(13(17)6-9)7-15(20-19)12-5-4-11(16)8-14(12)18/h2-6,8,15,20H,7,19H2,1H3. The first kappa shape index (κ1) is 15.4. The fourth-order valence-corrected chi connectivity index (χ4v) is 2.73. The molecule has 0 saturated carbocycles. The molecule has 3 N–H and O–H groups in total. The van der Waals surface area contributed by atoms with Crippen molar-refractivity contribution >= 4 is 27.5 Å². The van der Waals surface area contributed by atoms with Crippen molar-refractivity contribution in [3.8, 4) is 0 Å². The Morgan fingerprint density at radius 1 is 1.30 bits per heavy atom. The second-order valence-corrected chi connectivity index (χ2v) is 6.01. The van der Waals surface area contributed by atoms with Crippen LogP contribution in [-0.4, -0.2) is 0 Å². The smallest absolute Gasteiger partial charge is 0.129 e. The summed E-state index contributed by atoms with van der Waals surface area (Å²) >= 11 is 9.45. The first-order valence-corrected chi connectivity index (χ1v) is 7.34. The van der Waals surface area contributed by atoms with E-state index in [4.69, 9.17) is 17.4 Å². The predicted octanol–water partition coefficient (Wildman–Crippen LogP) is 4.30. The van der Waals surface area contributed by atoms with Crippen molar-refractivity contribution in [1.29, 1.82) is 0 Å². The van der Waals surface area contributed by atoms with Gasteiger partial charge in [-0.25, -0.2) is 4.39 Å². The van der Waals surface area contributed by atoms with Gasteiger partial charge in [-0.05, 0) is 42.7 Å². The molecule has 0 heterocycles. The van der Waals surface area contributed by atoms with Crippen LogP contribution in [0.5, 0.6) is 0 Å². The molecule has 2 aromatic carbocycles. The normalized spacial score (nSPS) is 12.4. The molecule has 2 aromatic rings. The van der Waals surface area contributed by atoms with Crippen molar-refractivity contribution in [2.45, 2.75) is 19.4 Å². The van der Waals surface area contributed by atoms with Crippen molar-refractivity contribution in [3.05, 3.63) is 68.4 Å². The lowest BCUT2D eigenvalue weighted by molar-refractivity contribution is 0.510. The molecule has 106 valence electrons. The molecule has 0 saturated heterocycles. The Labute approximate surface area is 131 Å². The van der Waals surface area contributed by atoms with Gasteiger partial charge in [0.1, 0.15) is 5.82 Å². The summed E-state index contributed by atoms with van der Waals surface area (Å²) in [4.78, 5) is 0. The Morgan fingerprint density at radius 3 is 2.65 bits per heavy atom. The third-order valence-electron chi connectivity index (χ3n) is 3.17. The first-order valence-electron chi connectivity index (χ1n) is 6.17. The third kappa shape index (κ3) is 3.58. The molecule has 1 atom stereocenters. The lowest BCUT2D eigenvalue weighted by Gasteiger charge is -2.18. The minimum Gasteiger partial charge on any atom is -0.271 e. The monoisotopic (exact) mass is 356 g/mol. The van der Waals surface area contributed by atoms with E-state index in [0.29, 0.717) is 21.5 Å². The van der Waals surface area contributed by atoms with Gasteiger partial charge in [-0.15, -0.1) is 0 Å². The zero-order chi connectivity index (χ0) is 14.7. The van der Waals surface area contributed by atoms with E-state index in [0.717, 1.165) is 11.1 Å². The molecule has 20 heavy (non-hydrogen) atoms. The summed E-state index contributed by atoms with van der Waals surface area (Å²) in [6.45, 7) is 1.97. The summed E-state index contributed by atoms with van der Waals surface area (Å²) in [5, 5.41) is 0.669. The van der Waals surface area contributed by atoms with Crippen molar-refractivity contribution in [1.82, 2.24) is 5.43 Å². The molecule has 1 unspecified atom stereocenters. The molecule has 0 aromatic heterocycles. The summed E-state index contributed by atoms with van der Waals surface area (Å²) in [6, 6.07) is 10.4. The van der Waals surface area contributed by atoms with Gasteiger partial charge in [0.05, 0.1) is 6.04 Å². The molecule has 0 spiro atoms. The molecule has 0 amide bonds. The van der Waals surface area contributed by atoms with E-state index in [2.05, 4.69) is 21.4 Å². The Kier molecular flexibility index (Phi) is 5.16. The van der Waals surface area contributed by atoms with Gasteiger partial charge in [-0.1, -0.05) is 45.7 Å². The molecule has 5 heteroatoms. The zero-order valence-corrected chi connectivity index (χ0v) is 13.3. The lowest BCUT2D eigenvalue weighted by atomic mass is 9.98. The van der Waals surface area contributed by atoms with E-state index < -0.39 is 0 Å². The van der Waals surface area contributed by atoms with Crippen LogP contribution in [0.4, 0.5) is 4.39 Å². The molecule has 2 nitrogen and oxygen atoms in total. The van der Waals surface area contributed by atoms with Gasteiger partial charge in [-0.2, -0.15) is 0 Å². The fourth-order valence-electron chi connectivity index (χ4n) is 2.08. The summed E-state index contributed by atoms with van der Waals surface area (Å²) in [7, 11) is 0. The number of aryl methyl sites for hydroxylation is 1. The van der Waals surface area contributed by atoms with E-state index in [1.807, 2.05) is 25.1 Å². The summed E-state index contributed by atoms with van der Waals surface area (Å²) in [5.74, 6) is 5.27. The number of nitrogens with one attached hydrogen (secondary N) is 1. The second kappa shape index (κ2) is 6.68. The number of rotatable bonds is 4. The van der Waals surface area contributed by atoms with Crippen LogP contribution in [0.2, 0.25) is 5.02 Å². The third-order valence-corrected chi connectivity index (χ3v) is 4.02. The maximum atomic E-state index is 14.0. The van der Waals surface area contributed by atoms with Crippen molar-refractivity contribution in [2.75, 3.05) is 0 Å². The summed E-state index contributed by atoms with van der Waals surface area (Å²) in [5.41, 5.74) is 5.20. The molecule has 0 radical (unpaired) electrons. The van der Waals surface area contributed by atoms with E-state index >= 15 is 0 Å². The van der Waals surface area contributed by atoms with Crippen LogP contribution in [0, 0.1) is 12.7 Å². The Hall–Kier alpha value is -0.940. The second-order valence-electron chi connectivity index (χ2n) is 4.68. The Balaban J connectivity index is 2.28.